The molecule has 0 heterocycles. The summed E-state index contributed by atoms with van der Waals surface area (Å²) < 4.78 is 3.08. The van der Waals surface area contributed by atoms with Gasteiger partial charge in [0.25, 0.3) is 0 Å². The van der Waals surface area contributed by atoms with Crippen molar-refractivity contribution in [1.82, 2.24) is 0 Å². The largest absolute Gasteiger partial charge is 0.516 e. The van der Waals surface area contributed by atoms with Gasteiger partial charge in [0.1, 0.15) is 0 Å². The van der Waals surface area contributed by atoms with Crippen LogP contribution < -0.4 is 0 Å². The highest BCUT2D eigenvalue weighted by Crippen LogP contribution is 2.15. The lowest BCUT2D eigenvalue weighted by Gasteiger charge is -1.84. The van der Waals surface area contributed by atoms with Crippen LogP contribution in [0.4, 0.5) is 19.2 Å². The molecular formula is C9H16O11. The maximum absolute atomic E-state index is 9.21. The third-order valence-corrected chi connectivity index (χ3v) is 1.42. The summed E-state index contributed by atoms with van der Waals surface area (Å²) in [4.78, 5) is 35.5. The van der Waals surface area contributed by atoms with Gasteiger partial charge < -0.3 is 35.4 Å². The van der Waals surface area contributed by atoms with Crippen LogP contribution in [0.5, 0.6) is 0 Å². The Morgan fingerprint density at radius 3 is 0.750 bits per heavy atom. The van der Waals surface area contributed by atoms with Crippen molar-refractivity contribution in [3.8, 4) is 0 Å². The van der Waals surface area contributed by atoms with Gasteiger partial charge >= 0.3 is 24.6 Å². The predicted octanol–water partition coefficient (Wildman–Crippen LogP) is 2.75. The highest BCUT2D eigenvalue weighted by atomic mass is 16.7. The highest BCUT2D eigenvalue weighted by Gasteiger charge is 2.01. The summed E-state index contributed by atoms with van der Waals surface area (Å²) in [5.41, 5.74) is 0. The molecule has 0 radical (unpaired) electrons. The average Bonchev–Trinajstić information content (AvgIpc) is 2.69. The Balaban J connectivity index is -0.000000199. The van der Waals surface area contributed by atoms with E-state index in [1.54, 1.807) is 0 Å². The normalized spacial score (nSPS) is 11.0. The van der Waals surface area contributed by atoms with E-state index in [0.717, 1.165) is 0 Å². The van der Waals surface area contributed by atoms with Crippen molar-refractivity contribution >= 4 is 24.6 Å². The molecule has 0 spiro atoms. The fourth-order valence-electron chi connectivity index (χ4n) is 0.959. The molecule has 1 aliphatic rings. The molecule has 0 unspecified atom stereocenters. The summed E-state index contributed by atoms with van der Waals surface area (Å²) in [6.07, 6.45) is 0.208. The summed E-state index contributed by atoms with van der Waals surface area (Å²) in [6, 6.07) is 0. The third-order valence-electron chi connectivity index (χ3n) is 1.42. The van der Waals surface area contributed by atoms with Crippen LogP contribution >= 0.6 is 0 Å². The van der Waals surface area contributed by atoms with Crippen molar-refractivity contribution in [2.45, 2.75) is 32.1 Å². The Morgan fingerprint density at radius 1 is 0.550 bits per heavy atom. The molecule has 0 aromatic heterocycles. The van der Waals surface area contributed by atoms with Crippen LogP contribution in [0.1, 0.15) is 32.1 Å². The SMILES string of the molecule is C1CCCC1.O=C(O)O.O=C(O)O.O=C(O)OC(=O)O. The fourth-order valence-corrected chi connectivity index (χ4v) is 0.959. The second-order valence-corrected chi connectivity index (χ2v) is 2.97. The lowest BCUT2D eigenvalue weighted by Crippen LogP contribution is -2.05. The first kappa shape index (κ1) is 22.5. The van der Waals surface area contributed by atoms with Crippen LogP contribution in [0.2, 0.25) is 0 Å². The molecule has 0 aromatic carbocycles. The minimum atomic E-state index is -1.83. The van der Waals surface area contributed by atoms with Crippen molar-refractivity contribution in [2.24, 2.45) is 0 Å². The van der Waals surface area contributed by atoms with E-state index in [1.165, 1.54) is 32.1 Å². The number of carboxylic acid groups (broad SMARTS) is 6. The molecule has 1 saturated carbocycles. The highest BCUT2D eigenvalue weighted by molar-refractivity contribution is 5.74. The molecule has 0 aliphatic heterocycles. The van der Waals surface area contributed by atoms with Crippen molar-refractivity contribution in [2.75, 3.05) is 0 Å². The van der Waals surface area contributed by atoms with Gasteiger partial charge in [-0.25, -0.2) is 19.2 Å². The Kier molecular flexibility index (Phi) is 18.3. The van der Waals surface area contributed by atoms with E-state index < -0.39 is 24.6 Å². The second-order valence-electron chi connectivity index (χ2n) is 2.97. The summed E-state index contributed by atoms with van der Waals surface area (Å²) in [7, 11) is 0. The molecule has 118 valence electrons. The van der Waals surface area contributed by atoms with Crippen LogP contribution in [0.3, 0.4) is 0 Å². The third kappa shape index (κ3) is 79.0. The molecule has 0 aromatic rings. The Hall–Kier alpha value is -2.72. The quantitative estimate of drug-likeness (QED) is 0.283. The number of hydrogen-bond acceptors (Lipinski definition) is 5. The topological polar surface area (TPSA) is 199 Å². The molecule has 1 aliphatic carbocycles. The monoisotopic (exact) mass is 300 g/mol. The Bertz CT molecular complexity index is 255. The maximum atomic E-state index is 9.21. The first-order valence-electron chi connectivity index (χ1n) is 5.07. The number of carbonyl (C=O) groups is 4. The molecule has 0 bridgehead atoms. The number of rotatable bonds is 0. The van der Waals surface area contributed by atoms with E-state index in [4.69, 9.17) is 40.2 Å². The van der Waals surface area contributed by atoms with E-state index in [2.05, 4.69) is 4.74 Å². The van der Waals surface area contributed by atoms with Gasteiger partial charge in [0, 0.05) is 0 Å². The van der Waals surface area contributed by atoms with E-state index in [0.29, 0.717) is 0 Å². The average molecular weight is 300 g/mol. The van der Waals surface area contributed by atoms with Crippen molar-refractivity contribution in [3.63, 3.8) is 0 Å². The molecule has 11 nitrogen and oxygen atoms in total. The van der Waals surface area contributed by atoms with Gasteiger partial charge in [-0.2, -0.15) is 0 Å². The van der Waals surface area contributed by atoms with Crippen LogP contribution in [0.25, 0.3) is 0 Å². The molecule has 1 rings (SSSR count). The van der Waals surface area contributed by atoms with E-state index in [1.807, 2.05) is 0 Å². The van der Waals surface area contributed by atoms with Crippen molar-refractivity contribution < 1.29 is 54.6 Å². The van der Waals surface area contributed by atoms with Crippen LogP contribution in [-0.2, 0) is 4.74 Å². The zero-order valence-electron chi connectivity index (χ0n) is 10.3. The van der Waals surface area contributed by atoms with Crippen molar-refractivity contribution in [3.05, 3.63) is 0 Å². The molecule has 6 N–H and O–H groups in total. The standard InChI is InChI=1S/C5H10.C2H2O5.2CH2O3/c1-2-4-5-3-1;3-1(4)7-2(5)6;2*2-1(3)4/h1-5H2;(H,3,4)(H,5,6);2*(H2,2,3,4). The lowest BCUT2D eigenvalue weighted by molar-refractivity contribution is 0.0800. The first-order chi connectivity index (χ1) is 9.09. The van der Waals surface area contributed by atoms with E-state index in [-0.39, 0.29) is 0 Å². The van der Waals surface area contributed by atoms with Crippen LogP contribution in [-0.4, -0.2) is 55.3 Å². The fraction of sp³-hybridized carbons (Fsp3) is 0.556. The van der Waals surface area contributed by atoms with Gasteiger partial charge in [0.15, 0.2) is 0 Å². The molecule has 1 fully saturated rings. The van der Waals surface area contributed by atoms with Gasteiger partial charge in [-0.3, -0.25) is 0 Å². The molecule has 0 amide bonds. The van der Waals surface area contributed by atoms with Crippen molar-refractivity contribution in [1.29, 1.82) is 0 Å². The molecule has 20 heavy (non-hydrogen) atoms. The first-order valence-corrected chi connectivity index (χ1v) is 5.07. The van der Waals surface area contributed by atoms with Gasteiger partial charge in [-0.15, -0.1) is 0 Å². The number of hydrogen-bond donors (Lipinski definition) is 6. The zero-order valence-corrected chi connectivity index (χ0v) is 10.3. The summed E-state index contributed by atoms with van der Waals surface area (Å²) in [5, 5.41) is 42.9. The minimum absolute atomic E-state index is 1.50. The van der Waals surface area contributed by atoms with Crippen LogP contribution in [0, 0.1) is 0 Å². The summed E-state index contributed by atoms with van der Waals surface area (Å²) >= 11 is 0. The van der Waals surface area contributed by atoms with Gasteiger partial charge in [-0.1, -0.05) is 32.1 Å². The second kappa shape index (κ2) is 16.3. The Morgan fingerprint density at radius 2 is 0.700 bits per heavy atom. The van der Waals surface area contributed by atoms with Gasteiger partial charge in [-0.05, 0) is 0 Å². The smallest absolute Gasteiger partial charge is 0.450 e. The Labute approximate surface area is 112 Å². The number of ether oxygens (including phenoxy) is 1. The van der Waals surface area contributed by atoms with E-state index >= 15 is 0 Å². The zero-order chi connectivity index (χ0) is 16.6. The van der Waals surface area contributed by atoms with Crippen LogP contribution in [0.15, 0.2) is 0 Å². The molecular weight excluding hydrogens is 284 g/mol. The summed E-state index contributed by atoms with van der Waals surface area (Å²) in [5.74, 6) is 0. The minimum Gasteiger partial charge on any atom is -0.450 e. The lowest BCUT2D eigenvalue weighted by atomic mass is 10.4. The van der Waals surface area contributed by atoms with Gasteiger partial charge in [0.05, 0.1) is 0 Å². The predicted molar refractivity (Wildman–Crippen MR) is 61.5 cm³/mol. The molecule has 11 heteroatoms. The molecule has 0 atom stereocenters. The van der Waals surface area contributed by atoms with Gasteiger partial charge in [0.2, 0.25) is 0 Å². The summed E-state index contributed by atoms with van der Waals surface area (Å²) in [6.45, 7) is 0. The maximum Gasteiger partial charge on any atom is 0.516 e. The molecule has 0 saturated heterocycles. The van der Waals surface area contributed by atoms with E-state index in [9.17, 15) is 9.59 Å².